The van der Waals surface area contributed by atoms with E-state index < -0.39 is 0 Å². The molecule has 4 aliphatic carbocycles. The summed E-state index contributed by atoms with van der Waals surface area (Å²) in [4.78, 5) is 12.1. The fourth-order valence-corrected chi connectivity index (χ4v) is 5.11. The minimum atomic E-state index is -0.0476. The van der Waals surface area contributed by atoms with Gasteiger partial charge in [0.1, 0.15) is 0 Å². The highest BCUT2D eigenvalue weighted by molar-refractivity contribution is 5.74. The number of allylic oxidation sites excluding steroid dienone is 2. The molecule has 0 aromatic rings. The third kappa shape index (κ3) is 2.02. The zero-order valence-corrected chi connectivity index (χ0v) is 12.2. The van der Waals surface area contributed by atoms with Gasteiger partial charge in [0.2, 0.25) is 0 Å². The molecule has 0 aromatic carbocycles. The van der Waals surface area contributed by atoms with E-state index in [0.29, 0.717) is 17.8 Å². The Balaban J connectivity index is 1.27. The number of hydrogen-bond acceptors (Lipinski definition) is 3. The van der Waals surface area contributed by atoms with Gasteiger partial charge < -0.3 is 9.47 Å². The molecule has 3 fully saturated rings. The first kappa shape index (κ1) is 12.9. The van der Waals surface area contributed by atoms with Gasteiger partial charge in [-0.15, -0.1) is 0 Å². The summed E-state index contributed by atoms with van der Waals surface area (Å²) in [6, 6.07) is 0. The molecule has 0 aromatic heterocycles. The van der Waals surface area contributed by atoms with Gasteiger partial charge in [-0.05, 0) is 69.1 Å². The van der Waals surface area contributed by atoms with Crippen LogP contribution in [0.4, 0.5) is 0 Å². The van der Waals surface area contributed by atoms with Crippen LogP contribution in [0.3, 0.4) is 0 Å². The molecule has 6 unspecified atom stereocenters. The molecule has 3 saturated carbocycles. The zero-order valence-electron chi connectivity index (χ0n) is 12.2. The van der Waals surface area contributed by atoms with Crippen LogP contribution < -0.4 is 0 Å². The van der Waals surface area contributed by atoms with E-state index in [1.165, 1.54) is 19.3 Å². The lowest BCUT2D eigenvalue weighted by molar-refractivity contribution is -0.182. The highest BCUT2D eigenvalue weighted by Crippen LogP contribution is 2.52. The molecule has 4 rings (SSSR count). The van der Waals surface area contributed by atoms with Crippen molar-refractivity contribution in [2.75, 3.05) is 6.79 Å². The first-order valence-corrected chi connectivity index (χ1v) is 8.13. The molecule has 0 spiro atoms. The third-order valence-corrected chi connectivity index (χ3v) is 6.27. The fourth-order valence-electron chi connectivity index (χ4n) is 5.11. The standard InChI is InChI=1S/C17H24O3/c1-17(9-12-3-5-14(17)7-12)20-10-19-16(18)15-8-11-2-4-13(15)6-11/h2,4,11-15H,3,5-10H2,1H3. The number of hydrogen-bond donors (Lipinski definition) is 0. The van der Waals surface area contributed by atoms with Gasteiger partial charge >= 0.3 is 5.97 Å². The van der Waals surface area contributed by atoms with Crippen LogP contribution in [-0.4, -0.2) is 18.4 Å². The predicted molar refractivity (Wildman–Crippen MR) is 74.7 cm³/mol. The summed E-state index contributed by atoms with van der Waals surface area (Å²) in [7, 11) is 0. The topological polar surface area (TPSA) is 35.5 Å². The Hall–Kier alpha value is -0.830. The van der Waals surface area contributed by atoms with E-state index in [4.69, 9.17) is 9.47 Å². The second-order valence-corrected chi connectivity index (χ2v) is 7.51. The van der Waals surface area contributed by atoms with Gasteiger partial charge in [-0.3, -0.25) is 4.79 Å². The Labute approximate surface area is 120 Å². The maximum absolute atomic E-state index is 12.1. The van der Waals surface area contributed by atoms with Crippen LogP contribution in [0.15, 0.2) is 12.2 Å². The summed E-state index contributed by atoms with van der Waals surface area (Å²) >= 11 is 0. The highest BCUT2D eigenvalue weighted by Gasteiger charge is 2.49. The Morgan fingerprint density at radius 3 is 2.75 bits per heavy atom. The summed E-state index contributed by atoms with van der Waals surface area (Å²) in [6.07, 6.45) is 11.7. The molecular formula is C17H24O3. The SMILES string of the molecule is CC1(OCOC(=O)C2CC3C=CC2C3)CC2CCC1C2. The van der Waals surface area contributed by atoms with Crippen molar-refractivity contribution in [1.82, 2.24) is 0 Å². The third-order valence-electron chi connectivity index (χ3n) is 6.27. The molecule has 4 bridgehead atoms. The summed E-state index contributed by atoms with van der Waals surface area (Å²) < 4.78 is 11.4. The molecule has 4 aliphatic rings. The maximum Gasteiger partial charge on any atom is 0.311 e. The van der Waals surface area contributed by atoms with Crippen LogP contribution in [0.25, 0.3) is 0 Å². The van der Waals surface area contributed by atoms with Crippen molar-refractivity contribution in [2.24, 2.45) is 29.6 Å². The minimum absolute atomic E-state index is 0.0439. The number of ether oxygens (including phenoxy) is 2. The van der Waals surface area contributed by atoms with Crippen LogP contribution in [0.5, 0.6) is 0 Å². The van der Waals surface area contributed by atoms with E-state index in [0.717, 1.165) is 25.2 Å². The van der Waals surface area contributed by atoms with Gasteiger partial charge in [0.25, 0.3) is 0 Å². The van der Waals surface area contributed by atoms with Gasteiger partial charge in [0, 0.05) is 0 Å². The molecule has 0 radical (unpaired) electrons. The van der Waals surface area contributed by atoms with Crippen LogP contribution in [0.1, 0.15) is 45.4 Å². The van der Waals surface area contributed by atoms with E-state index >= 15 is 0 Å². The Morgan fingerprint density at radius 2 is 2.15 bits per heavy atom. The summed E-state index contributed by atoms with van der Waals surface area (Å²) in [5.74, 6) is 2.59. The Morgan fingerprint density at radius 1 is 1.25 bits per heavy atom. The summed E-state index contributed by atoms with van der Waals surface area (Å²) in [5, 5.41) is 0. The van der Waals surface area contributed by atoms with Crippen LogP contribution in [-0.2, 0) is 14.3 Å². The smallest absolute Gasteiger partial charge is 0.311 e. The normalized spacial score (nSPS) is 48.1. The predicted octanol–water partition coefficient (Wildman–Crippen LogP) is 3.29. The van der Waals surface area contributed by atoms with Crippen molar-refractivity contribution < 1.29 is 14.3 Å². The first-order valence-electron chi connectivity index (χ1n) is 8.13. The average molecular weight is 276 g/mol. The van der Waals surface area contributed by atoms with Crippen molar-refractivity contribution in [3.63, 3.8) is 0 Å². The van der Waals surface area contributed by atoms with Crippen LogP contribution in [0, 0.1) is 29.6 Å². The van der Waals surface area contributed by atoms with E-state index in [1.807, 2.05) is 0 Å². The Kier molecular flexibility index (Phi) is 2.95. The maximum atomic E-state index is 12.1. The van der Waals surface area contributed by atoms with Gasteiger partial charge in [-0.2, -0.15) is 0 Å². The van der Waals surface area contributed by atoms with Gasteiger partial charge in [0.05, 0.1) is 11.5 Å². The number of esters is 1. The highest BCUT2D eigenvalue weighted by atomic mass is 16.7. The zero-order chi connectivity index (χ0) is 13.7. The number of carbonyl (C=O) groups excluding carboxylic acids is 1. The largest absolute Gasteiger partial charge is 0.438 e. The average Bonchev–Trinajstić information content (AvgIpc) is 3.17. The number of carbonyl (C=O) groups is 1. The second-order valence-electron chi connectivity index (χ2n) is 7.51. The first-order chi connectivity index (χ1) is 9.64. The van der Waals surface area contributed by atoms with E-state index in [1.54, 1.807) is 0 Å². The molecule has 0 saturated heterocycles. The van der Waals surface area contributed by atoms with Crippen molar-refractivity contribution in [1.29, 1.82) is 0 Å². The molecule has 6 atom stereocenters. The number of rotatable bonds is 4. The van der Waals surface area contributed by atoms with Gasteiger partial charge in [-0.25, -0.2) is 0 Å². The fraction of sp³-hybridized carbons (Fsp3) is 0.824. The monoisotopic (exact) mass is 276 g/mol. The van der Waals surface area contributed by atoms with E-state index in [-0.39, 0.29) is 24.3 Å². The summed E-state index contributed by atoms with van der Waals surface area (Å²) in [5.41, 5.74) is -0.0439. The quantitative estimate of drug-likeness (QED) is 0.449. The van der Waals surface area contributed by atoms with E-state index in [9.17, 15) is 4.79 Å². The molecule has 0 N–H and O–H groups in total. The lowest BCUT2D eigenvalue weighted by Crippen LogP contribution is -2.36. The molecule has 3 nitrogen and oxygen atoms in total. The van der Waals surface area contributed by atoms with Crippen molar-refractivity contribution in [3.8, 4) is 0 Å². The van der Waals surface area contributed by atoms with Crippen LogP contribution >= 0.6 is 0 Å². The molecule has 20 heavy (non-hydrogen) atoms. The van der Waals surface area contributed by atoms with Crippen molar-refractivity contribution >= 4 is 5.97 Å². The number of fused-ring (bicyclic) bond motifs is 4. The van der Waals surface area contributed by atoms with E-state index in [2.05, 4.69) is 19.1 Å². The van der Waals surface area contributed by atoms with Gasteiger partial charge in [0.15, 0.2) is 6.79 Å². The molecule has 0 amide bonds. The van der Waals surface area contributed by atoms with Crippen molar-refractivity contribution in [3.05, 3.63) is 12.2 Å². The second kappa shape index (κ2) is 4.59. The Bertz CT molecular complexity index is 444. The molecular weight excluding hydrogens is 252 g/mol. The molecule has 0 heterocycles. The molecule has 3 heteroatoms. The van der Waals surface area contributed by atoms with Gasteiger partial charge in [-0.1, -0.05) is 12.2 Å². The summed E-state index contributed by atoms with van der Waals surface area (Å²) in [6.45, 7) is 2.35. The lowest BCUT2D eigenvalue weighted by Gasteiger charge is -2.33. The van der Waals surface area contributed by atoms with Crippen LogP contribution in [0.2, 0.25) is 0 Å². The van der Waals surface area contributed by atoms with Crippen molar-refractivity contribution in [2.45, 2.75) is 51.0 Å². The minimum Gasteiger partial charge on any atom is -0.438 e. The lowest BCUT2D eigenvalue weighted by atomic mass is 9.86. The molecule has 110 valence electrons. The molecule has 0 aliphatic heterocycles.